The molecule has 2 aromatic carbocycles. The fourth-order valence-electron chi connectivity index (χ4n) is 3.12. The van der Waals surface area contributed by atoms with Gasteiger partial charge in [-0.25, -0.2) is 4.98 Å². The number of rotatable bonds is 6. The van der Waals surface area contributed by atoms with Crippen molar-refractivity contribution in [2.45, 2.75) is 25.9 Å². The summed E-state index contributed by atoms with van der Waals surface area (Å²) in [7, 11) is 2.05. The van der Waals surface area contributed by atoms with E-state index in [0.717, 1.165) is 28.8 Å². The van der Waals surface area contributed by atoms with Crippen LogP contribution in [0, 0.1) is 0 Å². The van der Waals surface area contributed by atoms with Crippen LogP contribution in [0.5, 0.6) is 0 Å². The van der Waals surface area contributed by atoms with E-state index in [1.54, 1.807) is 0 Å². The normalized spacial score (nSPS) is 12.5. The molecule has 6 nitrogen and oxygen atoms in total. The highest BCUT2D eigenvalue weighted by Gasteiger charge is 2.21. The van der Waals surface area contributed by atoms with Crippen molar-refractivity contribution in [1.82, 2.24) is 25.1 Å². The smallest absolute Gasteiger partial charge is 0.230 e. The number of hydrogen-bond acceptors (Lipinski definition) is 5. The first kappa shape index (κ1) is 16.5. The van der Waals surface area contributed by atoms with E-state index in [1.807, 2.05) is 50.4 Å². The summed E-state index contributed by atoms with van der Waals surface area (Å²) in [5.41, 5.74) is 3.23. The lowest BCUT2D eigenvalue weighted by Gasteiger charge is -2.18. The van der Waals surface area contributed by atoms with Crippen molar-refractivity contribution in [3.8, 4) is 0 Å². The second kappa shape index (κ2) is 7.09. The Labute approximate surface area is 151 Å². The van der Waals surface area contributed by atoms with Crippen LogP contribution >= 0.6 is 0 Å². The molecule has 6 heteroatoms. The molecule has 0 aliphatic carbocycles. The summed E-state index contributed by atoms with van der Waals surface area (Å²) in [4.78, 5) is 4.86. The second-order valence-corrected chi connectivity index (χ2v) is 6.19. The molecule has 4 rings (SSSR count). The van der Waals surface area contributed by atoms with Crippen molar-refractivity contribution in [3.05, 3.63) is 77.8 Å². The number of imidazole rings is 1. The molecule has 0 aliphatic heterocycles. The second-order valence-electron chi connectivity index (χ2n) is 6.19. The third-order valence-electron chi connectivity index (χ3n) is 4.48. The minimum atomic E-state index is -0.0782. The van der Waals surface area contributed by atoms with E-state index in [1.165, 1.54) is 0 Å². The summed E-state index contributed by atoms with van der Waals surface area (Å²) in [6, 6.07) is 18.4. The van der Waals surface area contributed by atoms with Crippen LogP contribution in [0.1, 0.15) is 36.1 Å². The van der Waals surface area contributed by atoms with Gasteiger partial charge in [-0.05, 0) is 17.7 Å². The standard InChI is InChI=1S/C20H21N5O/c1-3-17-23-24-18(26-17)13-21-19(14-9-5-4-6-10-14)20-22-15-11-7-8-12-16(15)25(20)2/h4-12,19,21H,3,13H2,1-2H3/t19-/m0/s1. The molecule has 0 bridgehead atoms. The van der Waals surface area contributed by atoms with E-state index < -0.39 is 0 Å². The third kappa shape index (κ3) is 3.11. The maximum absolute atomic E-state index is 5.63. The fraction of sp³-hybridized carbons (Fsp3) is 0.250. The topological polar surface area (TPSA) is 68.8 Å². The minimum Gasteiger partial charge on any atom is -0.424 e. The number of hydrogen-bond donors (Lipinski definition) is 1. The molecule has 26 heavy (non-hydrogen) atoms. The average Bonchev–Trinajstić information content (AvgIpc) is 3.28. The number of aromatic nitrogens is 4. The number of aryl methyl sites for hydroxylation is 2. The summed E-state index contributed by atoms with van der Waals surface area (Å²) in [6.45, 7) is 2.48. The van der Waals surface area contributed by atoms with E-state index in [-0.39, 0.29) is 6.04 Å². The van der Waals surface area contributed by atoms with Gasteiger partial charge in [0.2, 0.25) is 11.8 Å². The molecule has 0 unspecified atom stereocenters. The largest absolute Gasteiger partial charge is 0.424 e. The number of nitrogens with zero attached hydrogens (tertiary/aromatic N) is 4. The van der Waals surface area contributed by atoms with Gasteiger partial charge < -0.3 is 8.98 Å². The lowest BCUT2D eigenvalue weighted by atomic mass is 10.1. The molecular formula is C20H21N5O. The Morgan fingerprint density at radius 1 is 1.00 bits per heavy atom. The number of para-hydroxylation sites is 2. The van der Waals surface area contributed by atoms with Gasteiger partial charge in [-0.15, -0.1) is 10.2 Å². The summed E-state index contributed by atoms with van der Waals surface area (Å²) >= 11 is 0. The van der Waals surface area contributed by atoms with Crippen LogP contribution in [0.25, 0.3) is 11.0 Å². The maximum Gasteiger partial charge on any atom is 0.230 e. The zero-order valence-electron chi connectivity index (χ0n) is 14.9. The van der Waals surface area contributed by atoms with Crippen molar-refractivity contribution in [3.63, 3.8) is 0 Å². The average molecular weight is 347 g/mol. The molecule has 2 heterocycles. The number of fused-ring (bicyclic) bond motifs is 1. The van der Waals surface area contributed by atoms with Crippen molar-refractivity contribution in [2.75, 3.05) is 0 Å². The molecule has 4 aromatic rings. The van der Waals surface area contributed by atoms with Gasteiger partial charge in [-0.1, -0.05) is 49.4 Å². The minimum absolute atomic E-state index is 0.0782. The molecule has 1 atom stereocenters. The van der Waals surface area contributed by atoms with Gasteiger partial charge >= 0.3 is 0 Å². The van der Waals surface area contributed by atoms with Gasteiger partial charge in [0.25, 0.3) is 0 Å². The van der Waals surface area contributed by atoms with E-state index in [0.29, 0.717) is 18.3 Å². The van der Waals surface area contributed by atoms with E-state index in [9.17, 15) is 0 Å². The Morgan fingerprint density at radius 3 is 2.46 bits per heavy atom. The highest BCUT2D eigenvalue weighted by atomic mass is 16.4. The maximum atomic E-state index is 5.63. The molecule has 0 fully saturated rings. The van der Waals surface area contributed by atoms with Gasteiger partial charge in [-0.3, -0.25) is 5.32 Å². The van der Waals surface area contributed by atoms with E-state index in [4.69, 9.17) is 9.40 Å². The first-order valence-electron chi connectivity index (χ1n) is 8.77. The van der Waals surface area contributed by atoms with Crippen LogP contribution in [-0.2, 0) is 20.0 Å². The predicted octanol–water partition coefficient (Wildman–Crippen LogP) is 3.40. The molecule has 0 saturated heterocycles. The highest BCUT2D eigenvalue weighted by molar-refractivity contribution is 5.76. The van der Waals surface area contributed by atoms with Crippen LogP contribution in [0.3, 0.4) is 0 Å². The summed E-state index contributed by atoms with van der Waals surface area (Å²) in [5, 5.41) is 11.7. The first-order valence-corrected chi connectivity index (χ1v) is 8.77. The van der Waals surface area contributed by atoms with Crippen molar-refractivity contribution >= 4 is 11.0 Å². The summed E-state index contributed by atoms with van der Waals surface area (Å²) in [5.74, 6) is 2.19. The lowest BCUT2D eigenvalue weighted by molar-refractivity contribution is 0.422. The Hall–Kier alpha value is -2.99. The first-order chi connectivity index (χ1) is 12.8. The zero-order chi connectivity index (χ0) is 17.9. The Balaban J connectivity index is 1.69. The predicted molar refractivity (Wildman–Crippen MR) is 99.5 cm³/mol. The SMILES string of the molecule is CCc1nnc(CN[C@@H](c2ccccc2)c2nc3ccccc3n2C)o1. The molecule has 0 spiro atoms. The van der Waals surface area contributed by atoms with Gasteiger partial charge in [0, 0.05) is 13.5 Å². The monoisotopic (exact) mass is 347 g/mol. The number of benzene rings is 2. The zero-order valence-corrected chi connectivity index (χ0v) is 14.9. The molecule has 2 aromatic heterocycles. The molecule has 0 saturated carbocycles. The summed E-state index contributed by atoms with van der Waals surface area (Å²) < 4.78 is 7.76. The molecule has 1 N–H and O–H groups in total. The van der Waals surface area contributed by atoms with Crippen LogP contribution in [0.15, 0.2) is 59.0 Å². The van der Waals surface area contributed by atoms with Crippen LogP contribution in [0.4, 0.5) is 0 Å². The van der Waals surface area contributed by atoms with E-state index in [2.05, 4.69) is 38.3 Å². The lowest BCUT2D eigenvalue weighted by Crippen LogP contribution is -2.25. The Kier molecular flexibility index (Phi) is 4.50. The van der Waals surface area contributed by atoms with Crippen LogP contribution in [0.2, 0.25) is 0 Å². The quantitative estimate of drug-likeness (QED) is 0.579. The van der Waals surface area contributed by atoms with Crippen LogP contribution in [-0.4, -0.2) is 19.7 Å². The van der Waals surface area contributed by atoms with E-state index >= 15 is 0 Å². The van der Waals surface area contributed by atoms with Gasteiger partial charge in [0.1, 0.15) is 5.82 Å². The Bertz CT molecular complexity index is 1010. The van der Waals surface area contributed by atoms with Crippen molar-refractivity contribution in [2.24, 2.45) is 7.05 Å². The van der Waals surface area contributed by atoms with Crippen molar-refractivity contribution in [1.29, 1.82) is 0 Å². The molecule has 132 valence electrons. The van der Waals surface area contributed by atoms with Gasteiger partial charge in [0.05, 0.1) is 23.6 Å². The summed E-state index contributed by atoms with van der Waals surface area (Å²) in [6.07, 6.45) is 0.736. The molecular weight excluding hydrogens is 326 g/mol. The molecule has 0 aliphatic rings. The van der Waals surface area contributed by atoms with Crippen LogP contribution < -0.4 is 5.32 Å². The van der Waals surface area contributed by atoms with Gasteiger partial charge in [0.15, 0.2) is 0 Å². The van der Waals surface area contributed by atoms with Gasteiger partial charge in [-0.2, -0.15) is 0 Å². The van der Waals surface area contributed by atoms with Crippen molar-refractivity contribution < 1.29 is 4.42 Å². The Morgan fingerprint density at radius 2 is 1.73 bits per heavy atom. The highest BCUT2D eigenvalue weighted by Crippen LogP contribution is 2.25. The molecule has 0 amide bonds. The third-order valence-corrected chi connectivity index (χ3v) is 4.48. The molecule has 0 radical (unpaired) electrons. The fourth-order valence-corrected chi connectivity index (χ4v) is 3.12. The number of nitrogens with one attached hydrogen (secondary N) is 1.